The molecule has 2 rings (SSSR count). The lowest BCUT2D eigenvalue weighted by Crippen LogP contribution is -2.31. The largest absolute Gasteiger partial charge is 0.357 e. The van der Waals surface area contributed by atoms with E-state index >= 15 is 0 Å². The van der Waals surface area contributed by atoms with Gasteiger partial charge in [-0.3, -0.25) is 0 Å². The molecule has 2 atom stereocenters. The summed E-state index contributed by atoms with van der Waals surface area (Å²) in [7, 11) is -1.82. The zero-order valence-corrected chi connectivity index (χ0v) is 12.8. The summed E-state index contributed by atoms with van der Waals surface area (Å²) in [6.07, 6.45) is 7.28. The number of aromatic nitrogens is 2. The summed E-state index contributed by atoms with van der Waals surface area (Å²) in [6.45, 7) is 2.73. The summed E-state index contributed by atoms with van der Waals surface area (Å²) in [4.78, 5) is 7.97. The van der Waals surface area contributed by atoms with Crippen LogP contribution in [0.2, 0.25) is 0 Å². The second-order valence-electron chi connectivity index (χ2n) is 5.48. The molecule has 1 fully saturated rings. The third-order valence-electron chi connectivity index (χ3n) is 3.77. The Bertz CT molecular complexity index is 530. The van der Waals surface area contributed by atoms with Crippen LogP contribution in [0.15, 0.2) is 17.3 Å². The highest BCUT2D eigenvalue weighted by molar-refractivity contribution is 7.89. The van der Waals surface area contributed by atoms with Crippen molar-refractivity contribution in [3.63, 3.8) is 0 Å². The van der Waals surface area contributed by atoms with E-state index in [0.717, 1.165) is 12.8 Å². The van der Waals surface area contributed by atoms with Crippen LogP contribution in [0.1, 0.15) is 32.6 Å². The van der Waals surface area contributed by atoms with E-state index in [1.54, 1.807) is 7.05 Å². The Labute approximate surface area is 120 Å². The average molecular weight is 298 g/mol. The first-order chi connectivity index (χ1) is 9.51. The highest BCUT2D eigenvalue weighted by atomic mass is 32.2. The average Bonchev–Trinajstić information content (AvgIpc) is 2.45. The normalized spacial score (nSPS) is 23.5. The van der Waals surface area contributed by atoms with Crippen LogP contribution in [-0.2, 0) is 10.0 Å². The molecule has 1 heterocycles. The molecule has 0 bridgehead atoms. The van der Waals surface area contributed by atoms with E-state index in [2.05, 4.69) is 26.9 Å². The van der Waals surface area contributed by atoms with Crippen LogP contribution in [0.4, 0.5) is 5.95 Å². The van der Waals surface area contributed by atoms with Crippen LogP contribution in [-0.4, -0.2) is 32.0 Å². The number of nitrogens with zero attached hydrogens (tertiary/aromatic N) is 2. The number of anilines is 1. The van der Waals surface area contributed by atoms with Crippen molar-refractivity contribution in [2.75, 3.05) is 18.9 Å². The molecule has 1 aliphatic carbocycles. The van der Waals surface area contributed by atoms with Crippen molar-refractivity contribution >= 4 is 16.0 Å². The molecule has 0 saturated heterocycles. The number of hydrogen-bond acceptors (Lipinski definition) is 5. The standard InChI is InChI=1S/C13H22N4O2S/c1-10-4-3-5-11(6-10)7-17-20(18,19)12-8-15-13(14-2)16-9-12/h8-11,17H,3-7H2,1-2H3,(H,14,15,16). The summed E-state index contributed by atoms with van der Waals surface area (Å²) >= 11 is 0. The number of hydrogen-bond donors (Lipinski definition) is 2. The topological polar surface area (TPSA) is 84.0 Å². The van der Waals surface area contributed by atoms with Crippen molar-refractivity contribution < 1.29 is 8.42 Å². The van der Waals surface area contributed by atoms with E-state index in [1.165, 1.54) is 25.2 Å². The van der Waals surface area contributed by atoms with E-state index in [-0.39, 0.29) is 4.90 Å². The molecular formula is C13H22N4O2S. The molecule has 2 unspecified atom stereocenters. The maximum Gasteiger partial charge on any atom is 0.243 e. The fourth-order valence-electron chi connectivity index (χ4n) is 2.64. The number of sulfonamides is 1. The molecule has 7 heteroatoms. The van der Waals surface area contributed by atoms with Gasteiger partial charge in [-0.05, 0) is 24.7 Å². The minimum absolute atomic E-state index is 0.111. The van der Waals surface area contributed by atoms with Gasteiger partial charge < -0.3 is 5.32 Å². The first kappa shape index (κ1) is 15.2. The molecule has 1 aromatic rings. The predicted octanol–water partition coefficient (Wildman–Crippen LogP) is 1.62. The van der Waals surface area contributed by atoms with Crippen molar-refractivity contribution in [3.05, 3.63) is 12.4 Å². The van der Waals surface area contributed by atoms with E-state index in [9.17, 15) is 8.42 Å². The summed E-state index contributed by atoms with van der Waals surface area (Å²) in [5.41, 5.74) is 0. The maximum absolute atomic E-state index is 12.1. The second-order valence-corrected chi connectivity index (χ2v) is 7.25. The maximum atomic E-state index is 12.1. The third kappa shape index (κ3) is 3.89. The van der Waals surface area contributed by atoms with Crippen LogP contribution in [0, 0.1) is 11.8 Å². The molecule has 1 saturated carbocycles. The van der Waals surface area contributed by atoms with E-state index in [0.29, 0.717) is 24.3 Å². The van der Waals surface area contributed by atoms with Gasteiger partial charge in [0.25, 0.3) is 0 Å². The van der Waals surface area contributed by atoms with Gasteiger partial charge >= 0.3 is 0 Å². The minimum atomic E-state index is -3.50. The van der Waals surface area contributed by atoms with Crippen LogP contribution in [0.5, 0.6) is 0 Å². The molecule has 1 aromatic heterocycles. The Balaban J connectivity index is 1.96. The molecule has 2 N–H and O–H groups in total. The van der Waals surface area contributed by atoms with E-state index in [4.69, 9.17) is 0 Å². The molecule has 0 aromatic carbocycles. The fourth-order valence-corrected chi connectivity index (χ4v) is 3.64. The van der Waals surface area contributed by atoms with Crippen molar-refractivity contribution in [3.8, 4) is 0 Å². The summed E-state index contributed by atoms with van der Waals surface area (Å²) in [6, 6.07) is 0. The van der Waals surface area contributed by atoms with Crippen molar-refractivity contribution in [1.29, 1.82) is 0 Å². The number of nitrogens with one attached hydrogen (secondary N) is 2. The zero-order chi connectivity index (χ0) is 14.6. The minimum Gasteiger partial charge on any atom is -0.357 e. The number of rotatable bonds is 5. The molecule has 0 aliphatic heterocycles. The van der Waals surface area contributed by atoms with Crippen molar-refractivity contribution in [2.45, 2.75) is 37.5 Å². The summed E-state index contributed by atoms with van der Waals surface area (Å²) < 4.78 is 27.0. The summed E-state index contributed by atoms with van der Waals surface area (Å²) in [5, 5.41) is 2.76. The monoisotopic (exact) mass is 298 g/mol. The molecule has 112 valence electrons. The Hall–Kier alpha value is -1.21. The smallest absolute Gasteiger partial charge is 0.243 e. The van der Waals surface area contributed by atoms with Gasteiger partial charge in [0.15, 0.2) is 0 Å². The lowest BCUT2D eigenvalue weighted by Gasteiger charge is -2.26. The van der Waals surface area contributed by atoms with Gasteiger partial charge in [-0.2, -0.15) is 0 Å². The van der Waals surface area contributed by atoms with Crippen LogP contribution in [0.3, 0.4) is 0 Å². The Morgan fingerprint density at radius 1 is 1.30 bits per heavy atom. The van der Waals surface area contributed by atoms with Gasteiger partial charge in [0, 0.05) is 13.6 Å². The first-order valence-electron chi connectivity index (χ1n) is 7.00. The van der Waals surface area contributed by atoms with E-state index in [1.807, 2.05) is 0 Å². The van der Waals surface area contributed by atoms with Gasteiger partial charge in [0.2, 0.25) is 16.0 Å². The Kier molecular flexibility index (Phi) is 4.93. The van der Waals surface area contributed by atoms with Gasteiger partial charge in [-0.1, -0.05) is 19.8 Å². The zero-order valence-electron chi connectivity index (χ0n) is 12.0. The quantitative estimate of drug-likeness (QED) is 0.863. The molecular weight excluding hydrogens is 276 g/mol. The van der Waals surface area contributed by atoms with Crippen molar-refractivity contribution in [1.82, 2.24) is 14.7 Å². The SMILES string of the molecule is CNc1ncc(S(=O)(=O)NCC2CCCC(C)C2)cn1. The van der Waals surface area contributed by atoms with Gasteiger partial charge in [0.1, 0.15) is 4.90 Å². The molecule has 6 nitrogen and oxygen atoms in total. The molecule has 0 spiro atoms. The van der Waals surface area contributed by atoms with E-state index < -0.39 is 10.0 Å². The van der Waals surface area contributed by atoms with Gasteiger partial charge in [-0.15, -0.1) is 0 Å². The lowest BCUT2D eigenvalue weighted by atomic mass is 9.83. The van der Waals surface area contributed by atoms with Crippen molar-refractivity contribution in [2.24, 2.45) is 11.8 Å². The van der Waals surface area contributed by atoms with Crippen LogP contribution >= 0.6 is 0 Å². The van der Waals surface area contributed by atoms with Gasteiger partial charge in [0.05, 0.1) is 12.4 Å². The molecule has 0 radical (unpaired) electrons. The summed E-state index contributed by atoms with van der Waals surface area (Å²) in [5.74, 6) is 1.53. The molecule has 0 amide bonds. The van der Waals surface area contributed by atoms with Crippen LogP contribution in [0.25, 0.3) is 0 Å². The van der Waals surface area contributed by atoms with Crippen LogP contribution < -0.4 is 10.0 Å². The first-order valence-corrected chi connectivity index (χ1v) is 8.49. The predicted molar refractivity (Wildman–Crippen MR) is 77.9 cm³/mol. The molecule has 20 heavy (non-hydrogen) atoms. The fraction of sp³-hybridized carbons (Fsp3) is 0.692. The highest BCUT2D eigenvalue weighted by Crippen LogP contribution is 2.28. The Morgan fingerprint density at radius 3 is 2.60 bits per heavy atom. The lowest BCUT2D eigenvalue weighted by molar-refractivity contribution is 0.283. The highest BCUT2D eigenvalue weighted by Gasteiger charge is 2.22. The Morgan fingerprint density at radius 2 is 2.00 bits per heavy atom. The third-order valence-corrected chi connectivity index (χ3v) is 5.15. The van der Waals surface area contributed by atoms with Gasteiger partial charge in [-0.25, -0.2) is 23.1 Å². The molecule has 1 aliphatic rings. The second kappa shape index (κ2) is 6.49.